The average molecular weight is 398 g/mol. The molecule has 0 spiro atoms. The van der Waals surface area contributed by atoms with Crippen LogP contribution in [0.5, 0.6) is 5.75 Å². The largest absolute Gasteiger partial charge is 0.465 e. The third-order valence-corrected chi connectivity index (χ3v) is 3.45. The van der Waals surface area contributed by atoms with Crippen molar-refractivity contribution in [3.8, 4) is 5.75 Å². The van der Waals surface area contributed by atoms with Gasteiger partial charge >= 0.3 is 18.1 Å². The molecule has 8 nitrogen and oxygen atoms in total. The number of carbonyl (C=O) groups is 2. The summed E-state index contributed by atoms with van der Waals surface area (Å²) in [7, 11) is 1.21. The van der Waals surface area contributed by atoms with Gasteiger partial charge in [-0.2, -0.15) is 13.2 Å². The first-order valence-electron chi connectivity index (χ1n) is 7.60. The second kappa shape index (κ2) is 8.37. The van der Waals surface area contributed by atoms with Gasteiger partial charge < -0.3 is 14.8 Å². The summed E-state index contributed by atoms with van der Waals surface area (Å²) < 4.78 is 47.5. The van der Waals surface area contributed by atoms with Gasteiger partial charge in [-0.1, -0.05) is 0 Å². The first-order valence-corrected chi connectivity index (χ1v) is 7.60. The molecular formula is C17H13F3N2O6. The van der Waals surface area contributed by atoms with Crippen LogP contribution in [-0.4, -0.2) is 30.5 Å². The van der Waals surface area contributed by atoms with Crippen molar-refractivity contribution >= 4 is 23.3 Å². The van der Waals surface area contributed by atoms with E-state index < -0.39 is 40.8 Å². The number of carbonyl (C=O) groups excluding carboxylic acids is 2. The third kappa shape index (κ3) is 5.19. The average Bonchev–Trinajstić information content (AvgIpc) is 2.65. The number of alkyl halides is 3. The molecule has 1 N–H and O–H groups in total. The topological polar surface area (TPSA) is 108 Å². The molecule has 28 heavy (non-hydrogen) atoms. The zero-order valence-electron chi connectivity index (χ0n) is 14.3. The molecule has 0 bridgehead atoms. The quantitative estimate of drug-likeness (QED) is 0.344. The number of nitro groups is 1. The monoisotopic (exact) mass is 398 g/mol. The van der Waals surface area contributed by atoms with Gasteiger partial charge in [0, 0.05) is 6.07 Å². The van der Waals surface area contributed by atoms with Crippen LogP contribution in [0.4, 0.5) is 24.5 Å². The van der Waals surface area contributed by atoms with Crippen LogP contribution < -0.4 is 10.1 Å². The van der Waals surface area contributed by atoms with Gasteiger partial charge in [-0.3, -0.25) is 10.1 Å². The summed E-state index contributed by atoms with van der Waals surface area (Å²) in [6.07, 6.45) is -4.74. The standard InChI is InChI=1S/C17H13F3N2O6/c1-27-16(24)10-2-5-12(6-3-10)28-15(23)9-21-13-7-4-11(17(18,19)20)8-14(13)22(25)26/h2-8,21H,9H2,1H3. The number of anilines is 1. The van der Waals surface area contributed by atoms with E-state index in [0.29, 0.717) is 12.1 Å². The number of hydrogen-bond acceptors (Lipinski definition) is 7. The molecule has 148 valence electrons. The molecule has 0 unspecified atom stereocenters. The van der Waals surface area contributed by atoms with E-state index in [4.69, 9.17) is 4.74 Å². The molecule has 0 atom stereocenters. The highest BCUT2D eigenvalue weighted by Crippen LogP contribution is 2.34. The fourth-order valence-corrected chi connectivity index (χ4v) is 2.12. The maximum absolute atomic E-state index is 12.7. The molecule has 0 aromatic heterocycles. The number of nitrogens with one attached hydrogen (secondary N) is 1. The van der Waals surface area contributed by atoms with Crippen molar-refractivity contribution < 1.29 is 37.2 Å². The number of rotatable bonds is 6. The molecule has 0 aliphatic heterocycles. The number of esters is 2. The Balaban J connectivity index is 2.04. The van der Waals surface area contributed by atoms with Gasteiger partial charge in [0.1, 0.15) is 18.0 Å². The molecule has 0 heterocycles. The highest BCUT2D eigenvalue weighted by atomic mass is 19.4. The van der Waals surface area contributed by atoms with Crippen LogP contribution in [0.1, 0.15) is 15.9 Å². The summed E-state index contributed by atoms with van der Waals surface area (Å²) in [5.41, 5.74) is -2.04. The normalized spacial score (nSPS) is 10.9. The Morgan fingerprint density at radius 1 is 1.14 bits per heavy atom. The molecule has 0 aliphatic rings. The fraction of sp³-hybridized carbons (Fsp3) is 0.176. The summed E-state index contributed by atoms with van der Waals surface area (Å²) in [5.74, 6) is -1.32. The Bertz CT molecular complexity index is 897. The Morgan fingerprint density at radius 2 is 1.79 bits per heavy atom. The van der Waals surface area contributed by atoms with Crippen molar-refractivity contribution in [2.24, 2.45) is 0 Å². The lowest BCUT2D eigenvalue weighted by Crippen LogP contribution is -2.20. The minimum absolute atomic E-state index is 0.0985. The number of ether oxygens (including phenoxy) is 2. The van der Waals surface area contributed by atoms with Crippen LogP contribution in [0.25, 0.3) is 0 Å². The SMILES string of the molecule is COC(=O)c1ccc(OC(=O)CNc2ccc(C(F)(F)F)cc2[N+](=O)[O-])cc1. The molecule has 2 aromatic carbocycles. The minimum atomic E-state index is -4.74. The predicted octanol–water partition coefficient (Wildman–Crippen LogP) is 3.42. The Morgan fingerprint density at radius 3 is 2.32 bits per heavy atom. The van der Waals surface area contributed by atoms with Crippen LogP contribution in [0.3, 0.4) is 0 Å². The predicted molar refractivity (Wildman–Crippen MR) is 90.0 cm³/mol. The van der Waals surface area contributed by atoms with Crippen LogP contribution in [0.15, 0.2) is 42.5 Å². The van der Waals surface area contributed by atoms with Crippen molar-refractivity contribution in [3.63, 3.8) is 0 Å². The second-order valence-electron chi connectivity index (χ2n) is 5.33. The molecule has 0 radical (unpaired) electrons. The summed E-state index contributed by atoms with van der Waals surface area (Å²) in [6.45, 7) is -0.537. The molecule has 0 fully saturated rings. The molecule has 0 saturated heterocycles. The Kier molecular flexibility index (Phi) is 6.18. The summed E-state index contributed by atoms with van der Waals surface area (Å²) in [6, 6.07) is 7.30. The molecular weight excluding hydrogens is 385 g/mol. The summed E-state index contributed by atoms with van der Waals surface area (Å²) in [4.78, 5) is 33.2. The molecule has 0 saturated carbocycles. The Hall–Kier alpha value is -3.63. The highest BCUT2D eigenvalue weighted by Gasteiger charge is 2.33. The maximum atomic E-state index is 12.7. The summed E-state index contributed by atoms with van der Waals surface area (Å²) in [5, 5.41) is 13.4. The van der Waals surface area contributed by atoms with Gasteiger partial charge in [0.25, 0.3) is 5.69 Å². The van der Waals surface area contributed by atoms with Gasteiger partial charge in [0.05, 0.1) is 23.2 Å². The second-order valence-corrected chi connectivity index (χ2v) is 5.33. The number of halogens is 3. The van der Waals surface area contributed by atoms with Crippen LogP contribution in [-0.2, 0) is 15.7 Å². The molecule has 11 heteroatoms. The summed E-state index contributed by atoms with van der Waals surface area (Å²) >= 11 is 0. The lowest BCUT2D eigenvalue weighted by atomic mass is 10.1. The van der Waals surface area contributed by atoms with Crippen molar-refractivity contribution in [2.75, 3.05) is 19.0 Å². The fourth-order valence-electron chi connectivity index (χ4n) is 2.12. The zero-order valence-corrected chi connectivity index (χ0v) is 14.3. The van der Waals surface area contributed by atoms with Gasteiger partial charge in [-0.05, 0) is 36.4 Å². The molecule has 0 aliphatic carbocycles. The molecule has 2 aromatic rings. The molecule has 2 rings (SSSR count). The van der Waals surface area contributed by atoms with E-state index in [1.807, 2.05) is 0 Å². The highest BCUT2D eigenvalue weighted by molar-refractivity contribution is 5.89. The minimum Gasteiger partial charge on any atom is -0.465 e. The van der Waals surface area contributed by atoms with Crippen molar-refractivity contribution in [1.29, 1.82) is 0 Å². The number of nitrogens with zero attached hydrogens (tertiary/aromatic N) is 1. The van der Waals surface area contributed by atoms with Gasteiger partial charge in [0.2, 0.25) is 0 Å². The smallest absolute Gasteiger partial charge is 0.416 e. The van der Waals surface area contributed by atoms with Crippen molar-refractivity contribution in [3.05, 3.63) is 63.7 Å². The van der Waals surface area contributed by atoms with E-state index in [0.717, 1.165) is 6.07 Å². The third-order valence-electron chi connectivity index (χ3n) is 3.45. The van der Waals surface area contributed by atoms with Crippen LogP contribution in [0, 0.1) is 10.1 Å². The number of hydrogen-bond donors (Lipinski definition) is 1. The van der Waals surface area contributed by atoms with E-state index in [-0.39, 0.29) is 17.0 Å². The lowest BCUT2D eigenvalue weighted by Gasteiger charge is -2.10. The molecule has 0 amide bonds. The van der Waals surface area contributed by atoms with E-state index in [1.54, 1.807) is 0 Å². The van der Waals surface area contributed by atoms with Crippen molar-refractivity contribution in [2.45, 2.75) is 6.18 Å². The zero-order chi connectivity index (χ0) is 20.9. The van der Waals surface area contributed by atoms with E-state index >= 15 is 0 Å². The first-order chi connectivity index (χ1) is 13.1. The Labute approximate surface area is 156 Å². The van der Waals surface area contributed by atoms with E-state index in [2.05, 4.69) is 10.1 Å². The van der Waals surface area contributed by atoms with Gasteiger partial charge in [0.15, 0.2) is 0 Å². The number of methoxy groups -OCH3 is 1. The van der Waals surface area contributed by atoms with E-state index in [9.17, 15) is 32.9 Å². The van der Waals surface area contributed by atoms with Gasteiger partial charge in [-0.25, -0.2) is 9.59 Å². The van der Waals surface area contributed by atoms with Crippen molar-refractivity contribution in [1.82, 2.24) is 0 Å². The number of nitro benzene ring substituents is 1. The van der Waals surface area contributed by atoms with Gasteiger partial charge in [-0.15, -0.1) is 0 Å². The lowest BCUT2D eigenvalue weighted by molar-refractivity contribution is -0.384. The first kappa shape index (κ1) is 20.7. The van der Waals surface area contributed by atoms with Crippen LogP contribution >= 0.6 is 0 Å². The van der Waals surface area contributed by atoms with E-state index in [1.165, 1.54) is 31.4 Å². The van der Waals surface area contributed by atoms with Crippen LogP contribution in [0.2, 0.25) is 0 Å². The number of benzene rings is 2. The maximum Gasteiger partial charge on any atom is 0.416 e.